The third-order valence-corrected chi connectivity index (χ3v) is 8.75. The largest absolute Gasteiger partial charge is 0.492 e. The standard InChI is InChI=1S/C28H24ClIN2O8S2/c1-3-38-24-15-18(14-23(30)26(24)40-42(36,37)22-10-6-20(7-11-22)31-17(2)33)16-25-27(34)32(28(35)41-25)12-13-39-21-8-4-19(29)5-9-21/h4-11,14-16H,3,12-13H2,1-2H3,(H,31,33)/b25-16-. The van der Waals surface area contributed by atoms with Crippen molar-refractivity contribution in [3.63, 3.8) is 0 Å². The Morgan fingerprint density at radius 2 is 1.76 bits per heavy atom. The molecule has 3 aromatic rings. The third kappa shape index (κ3) is 7.96. The van der Waals surface area contributed by atoms with Crippen LogP contribution in [0, 0.1) is 3.57 Å². The van der Waals surface area contributed by atoms with E-state index in [1.165, 1.54) is 43.3 Å². The molecule has 3 amide bonds. The Bertz CT molecular complexity index is 1650. The minimum atomic E-state index is -4.25. The molecule has 0 radical (unpaired) electrons. The van der Waals surface area contributed by atoms with Crippen molar-refractivity contribution < 1.29 is 36.5 Å². The van der Waals surface area contributed by atoms with Gasteiger partial charge < -0.3 is 19.0 Å². The Morgan fingerprint density at radius 3 is 2.40 bits per heavy atom. The van der Waals surface area contributed by atoms with Gasteiger partial charge in [0, 0.05) is 17.6 Å². The second-order valence-electron chi connectivity index (χ2n) is 8.64. The molecule has 42 heavy (non-hydrogen) atoms. The van der Waals surface area contributed by atoms with Crippen LogP contribution in [0.5, 0.6) is 17.2 Å². The average Bonchev–Trinajstić information content (AvgIpc) is 3.19. The summed E-state index contributed by atoms with van der Waals surface area (Å²) in [5, 5.41) is 2.71. The Kier molecular flexibility index (Phi) is 10.4. The van der Waals surface area contributed by atoms with E-state index >= 15 is 0 Å². The van der Waals surface area contributed by atoms with E-state index in [0.29, 0.717) is 25.6 Å². The van der Waals surface area contributed by atoms with E-state index in [1.54, 1.807) is 37.3 Å². The van der Waals surface area contributed by atoms with Crippen LogP contribution in [0.2, 0.25) is 5.02 Å². The van der Waals surface area contributed by atoms with Crippen LogP contribution in [0.25, 0.3) is 6.08 Å². The molecule has 1 heterocycles. The van der Waals surface area contributed by atoms with Gasteiger partial charge in [-0.15, -0.1) is 0 Å². The van der Waals surface area contributed by atoms with Gasteiger partial charge in [0.05, 0.1) is 21.6 Å². The molecular formula is C28H24ClIN2O8S2. The Hall–Kier alpha value is -3.27. The van der Waals surface area contributed by atoms with E-state index in [4.69, 9.17) is 25.3 Å². The lowest BCUT2D eigenvalue weighted by molar-refractivity contribution is -0.123. The van der Waals surface area contributed by atoms with E-state index in [0.717, 1.165) is 16.7 Å². The van der Waals surface area contributed by atoms with Gasteiger partial charge in [0.1, 0.15) is 17.3 Å². The molecule has 1 N–H and O–H groups in total. The number of hydrogen-bond donors (Lipinski definition) is 1. The van der Waals surface area contributed by atoms with Crippen molar-refractivity contribution >= 4 is 84.9 Å². The second-order valence-corrected chi connectivity index (χ2v) is 12.8. The van der Waals surface area contributed by atoms with Crippen molar-refractivity contribution in [2.45, 2.75) is 18.7 Å². The molecule has 1 saturated heterocycles. The zero-order valence-corrected chi connectivity index (χ0v) is 26.8. The zero-order chi connectivity index (χ0) is 30.4. The molecule has 1 aliphatic heterocycles. The maximum Gasteiger partial charge on any atom is 0.339 e. The molecule has 0 bridgehead atoms. The number of benzene rings is 3. The van der Waals surface area contributed by atoms with E-state index in [9.17, 15) is 22.8 Å². The van der Waals surface area contributed by atoms with Gasteiger partial charge in [-0.05, 0) is 114 Å². The fourth-order valence-corrected chi connectivity index (χ4v) is 6.54. The summed E-state index contributed by atoms with van der Waals surface area (Å²) in [5.41, 5.74) is 0.948. The van der Waals surface area contributed by atoms with E-state index in [1.807, 2.05) is 22.6 Å². The Balaban J connectivity index is 1.50. The van der Waals surface area contributed by atoms with Crippen LogP contribution in [0.3, 0.4) is 0 Å². The van der Waals surface area contributed by atoms with Gasteiger partial charge in [0.2, 0.25) is 5.91 Å². The van der Waals surface area contributed by atoms with E-state index in [2.05, 4.69) is 5.32 Å². The number of ether oxygens (including phenoxy) is 2. The minimum Gasteiger partial charge on any atom is -0.492 e. The van der Waals surface area contributed by atoms with Gasteiger partial charge in [-0.1, -0.05) is 11.6 Å². The van der Waals surface area contributed by atoms with Crippen LogP contribution in [0.15, 0.2) is 70.5 Å². The number of imide groups is 1. The zero-order valence-electron chi connectivity index (χ0n) is 22.3. The van der Waals surface area contributed by atoms with Crippen LogP contribution in [-0.4, -0.2) is 50.1 Å². The van der Waals surface area contributed by atoms with Crippen molar-refractivity contribution in [3.8, 4) is 17.2 Å². The molecule has 3 aromatic carbocycles. The molecule has 1 fully saturated rings. The minimum absolute atomic E-state index is 0.0204. The molecule has 220 valence electrons. The predicted octanol–water partition coefficient (Wildman–Crippen LogP) is 6.18. The monoisotopic (exact) mass is 742 g/mol. The lowest BCUT2D eigenvalue weighted by Crippen LogP contribution is -2.32. The number of thioether (sulfide) groups is 1. The summed E-state index contributed by atoms with van der Waals surface area (Å²) in [6.45, 7) is 3.46. The van der Waals surface area contributed by atoms with Crippen LogP contribution < -0.4 is 19.0 Å². The number of halogens is 2. The summed E-state index contributed by atoms with van der Waals surface area (Å²) < 4.78 is 43.2. The molecule has 1 aliphatic rings. The molecule has 10 nitrogen and oxygen atoms in total. The molecular weight excluding hydrogens is 719 g/mol. The molecule has 0 aromatic heterocycles. The highest BCUT2D eigenvalue weighted by Gasteiger charge is 2.35. The van der Waals surface area contributed by atoms with Crippen molar-refractivity contribution in [1.29, 1.82) is 0 Å². The number of anilines is 1. The highest BCUT2D eigenvalue weighted by atomic mass is 127. The summed E-state index contributed by atoms with van der Waals surface area (Å²) in [7, 11) is -4.25. The van der Waals surface area contributed by atoms with Crippen LogP contribution >= 0.6 is 46.0 Å². The van der Waals surface area contributed by atoms with Crippen LogP contribution in [0.4, 0.5) is 10.5 Å². The second kappa shape index (κ2) is 13.8. The number of amides is 3. The average molecular weight is 743 g/mol. The molecule has 14 heteroatoms. The summed E-state index contributed by atoms with van der Waals surface area (Å²) >= 11 is 8.58. The van der Waals surface area contributed by atoms with Crippen molar-refractivity contribution in [2.24, 2.45) is 0 Å². The first-order chi connectivity index (χ1) is 20.0. The summed E-state index contributed by atoms with van der Waals surface area (Å²) in [4.78, 5) is 37.9. The maximum absolute atomic E-state index is 13.0. The fourth-order valence-electron chi connectivity index (χ4n) is 3.71. The lowest BCUT2D eigenvalue weighted by Gasteiger charge is -2.15. The van der Waals surface area contributed by atoms with Gasteiger partial charge in [-0.3, -0.25) is 19.3 Å². The molecule has 4 rings (SSSR count). The van der Waals surface area contributed by atoms with Gasteiger partial charge in [0.15, 0.2) is 11.5 Å². The summed E-state index contributed by atoms with van der Waals surface area (Å²) in [6.07, 6.45) is 1.54. The van der Waals surface area contributed by atoms with Crippen molar-refractivity contribution in [3.05, 3.63) is 79.7 Å². The number of nitrogens with one attached hydrogen (secondary N) is 1. The topological polar surface area (TPSA) is 128 Å². The van der Waals surface area contributed by atoms with E-state index in [-0.39, 0.29) is 47.0 Å². The normalized spacial score (nSPS) is 14.3. The van der Waals surface area contributed by atoms with Gasteiger partial charge in [-0.2, -0.15) is 8.42 Å². The summed E-state index contributed by atoms with van der Waals surface area (Å²) in [5.74, 6) is -0.0713. The Morgan fingerprint density at radius 1 is 1.07 bits per heavy atom. The fraction of sp³-hybridized carbons (Fsp3) is 0.179. The first-order valence-electron chi connectivity index (χ1n) is 12.4. The Labute approximate surface area is 265 Å². The molecule has 0 aliphatic carbocycles. The van der Waals surface area contributed by atoms with E-state index < -0.39 is 21.3 Å². The maximum atomic E-state index is 13.0. The lowest BCUT2D eigenvalue weighted by atomic mass is 10.2. The molecule has 0 atom stereocenters. The van der Waals surface area contributed by atoms with Crippen molar-refractivity contribution in [1.82, 2.24) is 4.90 Å². The first-order valence-corrected chi connectivity index (χ1v) is 16.1. The number of hydrogen-bond acceptors (Lipinski definition) is 9. The summed E-state index contributed by atoms with van der Waals surface area (Å²) in [6, 6.07) is 15.4. The van der Waals surface area contributed by atoms with Gasteiger partial charge in [-0.25, -0.2) is 0 Å². The SMILES string of the molecule is CCOc1cc(/C=C2\SC(=O)N(CCOc3ccc(Cl)cc3)C2=O)cc(I)c1OS(=O)(=O)c1ccc(NC(C)=O)cc1. The third-order valence-electron chi connectivity index (χ3n) is 5.56. The molecule has 0 saturated carbocycles. The van der Waals surface area contributed by atoms with Crippen molar-refractivity contribution in [2.75, 3.05) is 25.1 Å². The first kappa shape index (κ1) is 31.7. The highest BCUT2D eigenvalue weighted by Crippen LogP contribution is 2.39. The highest BCUT2D eigenvalue weighted by molar-refractivity contribution is 14.1. The van der Waals surface area contributed by atoms with Gasteiger partial charge in [0.25, 0.3) is 11.1 Å². The number of carbonyl (C=O) groups is 3. The van der Waals surface area contributed by atoms with Crippen LogP contribution in [0.1, 0.15) is 19.4 Å². The quantitative estimate of drug-likeness (QED) is 0.139. The predicted molar refractivity (Wildman–Crippen MR) is 169 cm³/mol. The molecule has 0 spiro atoms. The number of carbonyl (C=O) groups excluding carboxylic acids is 3. The van der Waals surface area contributed by atoms with Crippen LogP contribution in [-0.2, 0) is 19.7 Å². The smallest absolute Gasteiger partial charge is 0.339 e. The molecule has 0 unspecified atom stereocenters. The van der Waals surface area contributed by atoms with Gasteiger partial charge >= 0.3 is 10.1 Å². The number of nitrogens with zero attached hydrogens (tertiary/aromatic N) is 1. The number of rotatable bonds is 11.